The lowest BCUT2D eigenvalue weighted by molar-refractivity contribution is -0.140. The Morgan fingerprint density at radius 3 is 2.62 bits per heavy atom. The number of aliphatic carboxylic acids is 1. The number of ether oxygens (including phenoxy) is 1. The molecule has 1 heterocycles. The van der Waals surface area contributed by atoms with Gasteiger partial charge < -0.3 is 9.84 Å². The number of benzene rings is 1. The number of carbonyl (C=O) groups is 1. The Hall–Kier alpha value is -1.81. The number of halogens is 1. The molecule has 0 aromatic heterocycles. The van der Waals surface area contributed by atoms with Crippen LogP contribution in [0.15, 0.2) is 59.3 Å². The average Bonchev–Trinajstić information content (AvgIpc) is 2.57. The van der Waals surface area contributed by atoms with Gasteiger partial charge in [0.05, 0.1) is 18.8 Å². The second-order valence-electron chi connectivity index (χ2n) is 6.51. The Kier molecular flexibility index (Phi) is 6.44. The van der Waals surface area contributed by atoms with E-state index in [1.54, 1.807) is 6.08 Å². The van der Waals surface area contributed by atoms with E-state index in [1.165, 1.54) is 21.9 Å². The van der Waals surface area contributed by atoms with E-state index >= 15 is 0 Å². The fourth-order valence-electron chi connectivity index (χ4n) is 2.71. The van der Waals surface area contributed by atoms with Crippen LogP contribution < -0.4 is 0 Å². The summed E-state index contributed by atoms with van der Waals surface area (Å²) in [5.74, 6) is -1.10. The maximum atomic E-state index is 10.2. The molecule has 1 aromatic rings. The standard InChI is InChI=1S/C14H15Br.C6H8O3/c1-14(2)10-6-5-8-12(14)11-7-3-4-9-13(11)15;7-6(8)5-1-3-9-4-2-5/h3-9H,10H2,1-2H3;1,3,5H,2,4H2,(H,7,8). The van der Waals surface area contributed by atoms with E-state index in [4.69, 9.17) is 9.84 Å². The van der Waals surface area contributed by atoms with Gasteiger partial charge in [0.25, 0.3) is 0 Å². The van der Waals surface area contributed by atoms with E-state index in [0.29, 0.717) is 13.0 Å². The van der Waals surface area contributed by atoms with Crippen LogP contribution in [0.25, 0.3) is 5.57 Å². The van der Waals surface area contributed by atoms with Gasteiger partial charge in [-0.25, -0.2) is 0 Å². The molecule has 0 saturated carbocycles. The number of carboxylic acids is 1. The summed E-state index contributed by atoms with van der Waals surface area (Å²) in [6.07, 6.45) is 11.3. The molecule has 1 N–H and O–H groups in total. The largest absolute Gasteiger partial charge is 0.501 e. The lowest BCUT2D eigenvalue weighted by Gasteiger charge is -2.30. The van der Waals surface area contributed by atoms with Gasteiger partial charge >= 0.3 is 5.97 Å². The summed E-state index contributed by atoms with van der Waals surface area (Å²) in [5.41, 5.74) is 2.96. The molecule has 3 rings (SSSR count). The topological polar surface area (TPSA) is 46.5 Å². The quantitative estimate of drug-likeness (QED) is 0.730. The molecule has 1 atom stereocenters. The summed E-state index contributed by atoms with van der Waals surface area (Å²) >= 11 is 3.62. The van der Waals surface area contributed by atoms with Crippen molar-refractivity contribution in [1.82, 2.24) is 0 Å². The van der Waals surface area contributed by atoms with Crippen molar-refractivity contribution >= 4 is 27.5 Å². The Balaban J connectivity index is 0.000000198. The first-order valence-electron chi connectivity index (χ1n) is 8.05. The molecule has 3 nitrogen and oxygen atoms in total. The zero-order chi connectivity index (χ0) is 17.6. The molecule has 1 unspecified atom stereocenters. The van der Waals surface area contributed by atoms with Crippen molar-refractivity contribution in [2.45, 2.75) is 26.7 Å². The van der Waals surface area contributed by atoms with E-state index in [2.05, 4.69) is 72.3 Å². The Bertz CT molecular complexity index is 671. The SMILES string of the molecule is CC1(C)CC=CC=C1c1ccccc1Br.O=C(O)C1C=COCC1. The third-order valence-electron chi connectivity index (χ3n) is 4.19. The molecule has 1 aliphatic carbocycles. The fourth-order valence-corrected chi connectivity index (χ4v) is 3.21. The lowest BCUT2D eigenvalue weighted by atomic mass is 9.75. The van der Waals surface area contributed by atoms with Crippen molar-refractivity contribution in [2.75, 3.05) is 6.61 Å². The summed E-state index contributed by atoms with van der Waals surface area (Å²) in [6, 6.07) is 8.43. The van der Waals surface area contributed by atoms with Crippen LogP contribution in [0.3, 0.4) is 0 Å². The third kappa shape index (κ3) is 4.84. The van der Waals surface area contributed by atoms with Crippen molar-refractivity contribution in [3.05, 3.63) is 64.9 Å². The first-order chi connectivity index (χ1) is 11.4. The lowest BCUT2D eigenvalue weighted by Crippen LogP contribution is -2.15. The molecule has 0 saturated heterocycles. The Morgan fingerprint density at radius 1 is 1.33 bits per heavy atom. The predicted molar refractivity (Wildman–Crippen MR) is 100 cm³/mol. The molecule has 0 radical (unpaired) electrons. The van der Waals surface area contributed by atoms with Crippen molar-refractivity contribution in [3.8, 4) is 0 Å². The molecular formula is C20H23BrO3. The monoisotopic (exact) mass is 390 g/mol. The zero-order valence-electron chi connectivity index (χ0n) is 14.0. The summed E-state index contributed by atoms with van der Waals surface area (Å²) in [4.78, 5) is 10.2. The highest BCUT2D eigenvalue weighted by molar-refractivity contribution is 9.10. The fraction of sp³-hybridized carbons (Fsp3) is 0.350. The Labute approximate surface area is 151 Å². The van der Waals surface area contributed by atoms with Gasteiger partial charge in [-0.3, -0.25) is 4.79 Å². The predicted octanol–water partition coefficient (Wildman–Crippen LogP) is 5.44. The maximum Gasteiger partial charge on any atom is 0.310 e. The molecule has 2 aliphatic rings. The molecule has 128 valence electrons. The molecule has 1 aromatic carbocycles. The van der Waals surface area contributed by atoms with E-state index < -0.39 is 5.97 Å². The van der Waals surface area contributed by atoms with Crippen LogP contribution in [0.5, 0.6) is 0 Å². The number of hydrogen-bond donors (Lipinski definition) is 1. The van der Waals surface area contributed by atoms with Crippen LogP contribution in [-0.4, -0.2) is 17.7 Å². The van der Waals surface area contributed by atoms with Gasteiger partial charge in [-0.05, 0) is 41.5 Å². The molecule has 0 fully saturated rings. The van der Waals surface area contributed by atoms with Gasteiger partial charge in [-0.15, -0.1) is 0 Å². The van der Waals surface area contributed by atoms with E-state index in [0.717, 1.165) is 6.42 Å². The normalized spacial score (nSPS) is 21.1. The van der Waals surface area contributed by atoms with Gasteiger partial charge in [0.2, 0.25) is 0 Å². The first kappa shape index (κ1) is 18.5. The van der Waals surface area contributed by atoms with E-state index in [1.807, 2.05) is 0 Å². The highest BCUT2D eigenvalue weighted by Crippen LogP contribution is 2.42. The van der Waals surface area contributed by atoms with Crippen LogP contribution in [-0.2, 0) is 9.53 Å². The Morgan fingerprint density at radius 2 is 2.08 bits per heavy atom. The zero-order valence-corrected chi connectivity index (χ0v) is 15.6. The minimum atomic E-state index is -0.769. The smallest absolute Gasteiger partial charge is 0.310 e. The molecular weight excluding hydrogens is 368 g/mol. The van der Waals surface area contributed by atoms with Gasteiger partial charge in [0.1, 0.15) is 0 Å². The summed E-state index contributed by atoms with van der Waals surface area (Å²) in [5, 5.41) is 8.43. The summed E-state index contributed by atoms with van der Waals surface area (Å²) < 4.78 is 5.99. The second-order valence-corrected chi connectivity index (χ2v) is 7.36. The van der Waals surface area contributed by atoms with Crippen LogP contribution in [0.2, 0.25) is 0 Å². The minimum Gasteiger partial charge on any atom is -0.501 e. The number of allylic oxidation sites excluding steroid dienone is 4. The van der Waals surface area contributed by atoms with Crippen molar-refractivity contribution in [2.24, 2.45) is 11.3 Å². The van der Waals surface area contributed by atoms with Crippen LogP contribution >= 0.6 is 15.9 Å². The summed E-state index contributed by atoms with van der Waals surface area (Å²) in [6.45, 7) is 5.11. The number of carboxylic acid groups (broad SMARTS) is 1. The second kappa shape index (κ2) is 8.34. The van der Waals surface area contributed by atoms with Gasteiger partial charge in [0.15, 0.2) is 0 Å². The van der Waals surface area contributed by atoms with Gasteiger partial charge in [-0.1, -0.05) is 66.2 Å². The average molecular weight is 391 g/mol. The van der Waals surface area contributed by atoms with Crippen LogP contribution in [0, 0.1) is 11.3 Å². The molecule has 24 heavy (non-hydrogen) atoms. The summed E-state index contributed by atoms with van der Waals surface area (Å²) in [7, 11) is 0. The molecule has 0 amide bonds. The van der Waals surface area contributed by atoms with Crippen LogP contribution in [0.4, 0.5) is 0 Å². The maximum absolute atomic E-state index is 10.2. The van der Waals surface area contributed by atoms with E-state index in [-0.39, 0.29) is 11.3 Å². The highest BCUT2D eigenvalue weighted by atomic mass is 79.9. The third-order valence-corrected chi connectivity index (χ3v) is 4.88. The van der Waals surface area contributed by atoms with Gasteiger partial charge in [0, 0.05) is 4.47 Å². The number of rotatable bonds is 2. The molecule has 4 heteroatoms. The van der Waals surface area contributed by atoms with Gasteiger partial charge in [-0.2, -0.15) is 0 Å². The highest BCUT2D eigenvalue weighted by Gasteiger charge is 2.25. The molecule has 0 bridgehead atoms. The molecule has 0 spiro atoms. The molecule has 1 aliphatic heterocycles. The van der Waals surface area contributed by atoms with E-state index in [9.17, 15) is 4.79 Å². The van der Waals surface area contributed by atoms with Crippen molar-refractivity contribution < 1.29 is 14.6 Å². The van der Waals surface area contributed by atoms with Crippen molar-refractivity contribution in [3.63, 3.8) is 0 Å². The van der Waals surface area contributed by atoms with Crippen LogP contribution in [0.1, 0.15) is 32.3 Å². The number of hydrogen-bond acceptors (Lipinski definition) is 2. The first-order valence-corrected chi connectivity index (χ1v) is 8.84. The van der Waals surface area contributed by atoms with Crippen molar-refractivity contribution in [1.29, 1.82) is 0 Å². The minimum absolute atomic E-state index is 0.235.